The number of hydrogen-bond acceptors (Lipinski definition) is 4. The molecule has 1 aliphatic carbocycles. The third kappa shape index (κ3) is 3.04. The maximum Gasteiger partial charge on any atom is 0.214 e. The average molecular weight is 277 g/mol. The van der Waals surface area contributed by atoms with Gasteiger partial charge in [-0.3, -0.25) is 0 Å². The molecule has 1 aliphatic heterocycles. The highest BCUT2D eigenvalue weighted by molar-refractivity contribution is 7.89. The first-order valence-corrected chi connectivity index (χ1v) is 8.21. The fourth-order valence-corrected chi connectivity index (χ4v) is 4.25. The summed E-state index contributed by atoms with van der Waals surface area (Å²) in [6, 6.07) is 0. The molecule has 0 N–H and O–H groups in total. The molecule has 2 atom stereocenters. The van der Waals surface area contributed by atoms with Crippen LogP contribution < -0.4 is 0 Å². The third-order valence-electron chi connectivity index (χ3n) is 4.19. The second kappa shape index (κ2) is 5.86. The molecule has 0 amide bonds. The van der Waals surface area contributed by atoms with Crippen LogP contribution in [-0.2, 0) is 19.5 Å². The summed E-state index contributed by atoms with van der Waals surface area (Å²) in [6.07, 6.45) is 4.15. The van der Waals surface area contributed by atoms with Crippen LogP contribution in [-0.4, -0.2) is 58.0 Å². The van der Waals surface area contributed by atoms with Gasteiger partial charge in [0, 0.05) is 27.3 Å². The maximum atomic E-state index is 12.2. The van der Waals surface area contributed by atoms with E-state index < -0.39 is 10.0 Å². The molecule has 6 heteroatoms. The Balaban J connectivity index is 1.89. The Morgan fingerprint density at radius 1 is 1.11 bits per heavy atom. The van der Waals surface area contributed by atoms with Crippen molar-refractivity contribution >= 4 is 10.0 Å². The van der Waals surface area contributed by atoms with Crippen LogP contribution in [0, 0.1) is 5.92 Å². The first-order valence-electron chi connectivity index (χ1n) is 6.60. The molecule has 2 aliphatic rings. The van der Waals surface area contributed by atoms with Crippen molar-refractivity contribution in [2.45, 2.75) is 37.9 Å². The van der Waals surface area contributed by atoms with E-state index in [1.54, 1.807) is 14.2 Å². The van der Waals surface area contributed by atoms with Crippen molar-refractivity contribution in [3.05, 3.63) is 0 Å². The van der Waals surface area contributed by atoms with E-state index in [1.165, 1.54) is 23.6 Å². The Kier molecular flexibility index (Phi) is 4.64. The van der Waals surface area contributed by atoms with Crippen LogP contribution >= 0.6 is 0 Å². The summed E-state index contributed by atoms with van der Waals surface area (Å²) in [4.78, 5) is 0. The normalized spacial score (nSPS) is 30.6. The van der Waals surface area contributed by atoms with Crippen molar-refractivity contribution in [2.75, 3.05) is 33.1 Å². The van der Waals surface area contributed by atoms with Gasteiger partial charge < -0.3 is 9.47 Å². The number of hydrogen-bond donors (Lipinski definition) is 0. The molecule has 1 saturated heterocycles. The first-order chi connectivity index (χ1) is 8.56. The number of methoxy groups -OCH3 is 2. The van der Waals surface area contributed by atoms with E-state index in [1.807, 2.05) is 0 Å². The van der Waals surface area contributed by atoms with Gasteiger partial charge in [-0.15, -0.1) is 0 Å². The minimum Gasteiger partial charge on any atom is -0.377 e. The predicted molar refractivity (Wildman–Crippen MR) is 68.9 cm³/mol. The highest BCUT2D eigenvalue weighted by atomic mass is 32.2. The number of sulfonamides is 1. The van der Waals surface area contributed by atoms with Gasteiger partial charge in [-0.25, -0.2) is 8.42 Å². The molecule has 5 nitrogen and oxygen atoms in total. The molecular weight excluding hydrogens is 254 g/mol. The van der Waals surface area contributed by atoms with Crippen molar-refractivity contribution in [3.8, 4) is 0 Å². The number of ether oxygens (including phenoxy) is 2. The molecule has 0 radical (unpaired) electrons. The van der Waals surface area contributed by atoms with E-state index in [0.717, 1.165) is 6.42 Å². The van der Waals surface area contributed by atoms with E-state index in [2.05, 4.69) is 0 Å². The van der Waals surface area contributed by atoms with Gasteiger partial charge in [0.25, 0.3) is 0 Å². The third-order valence-corrected chi connectivity index (χ3v) is 6.03. The van der Waals surface area contributed by atoms with Gasteiger partial charge in [0.05, 0.1) is 18.0 Å². The number of nitrogens with zero attached hydrogens (tertiary/aromatic N) is 1. The van der Waals surface area contributed by atoms with Crippen molar-refractivity contribution in [1.82, 2.24) is 4.31 Å². The van der Waals surface area contributed by atoms with E-state index in [4.69, 9.17) is 9.47 Å². The zero-order valence-corrected chi connectivity index (χ0v) is 12.0. The van der Waals surface area contributed by atoms with Gasteiger partial charge in [-0.1, -0.05) is 19.3 Å². The molecule has 1 heterocycles. The lowest BCUT2D eigenvalue weighted by atomic mass is 9.84. The number of rotatable bonds is 6. The maximum absolute atomic E-state index is 12.2. The Labute approximate surface area is 109 Å². The molecule has 106 valence electrons. The molecule has 0 bridgehead atoms. The van der Waals surface area contributed by atoms with Gasteiger partial charge in [-0.2, -0.15) is 4.31 Å². The topological polar surface area (TPSA) is 55.8 Å². The van der Waals surface area contributed by atoms with Crippen LogP contribution in [0.3, 0.4) is 0 Å². The Bertz CT molecular complexity index is 354. The van der Waals surface area contributed by atoms with E-state index >= 15 is 0 Å². The SMILES string of the molecule is CO[C@H]1CN(S(=O)(=O)CCC2CCC2)C[C@@H]1OC. The zero-order chi connectivity index (χ0) is 13.2. The highest BCUT2D eigenvalue weighted by Gasteiger charge is 2.39. The van der Waals surface area contributed by atoms with E-state index in [0.29, 0.717) is 19.0 Å². The van der Waals surface area contributed by atoms with Gasteiger partial charge in [-0.05, 0) is 12.3 Å². The quantitative estimate of drug-likeness (QED) is 0.722. The molecule has 18 heavy (non-hydrogen) atoms. The van der Waals surface area contributed by atoms with Gasteiger partial charge in [0.1, 0.15) is 0 Å². The second-order valence-corrected chi connectivity index (χ2v) is 7.36. The largest absolute Gasteiger partial charge is 0.377 e. The van der Waals surface area contributed by atoms with Crippen LogP contribution in [0.15, 0.2) is 0 Å². The Hall–Kier alpha value is -0.170. The highest BCUT2D eigenvalue weighted by Crippen LogP contribution is 2.30. The van der Waals surface area contributed by atoms with E-state index in [9.17, 15) is 8.42 Å². The van der Waals surface area contributed by atoms with Gasteiger partial charge in [0.15, 0.2) is 0 Å². The van der Waals surface area contributed by atoms with Crippen molar-refractivity contribution in [3.63, 3.8) is 0 Å². The molecule has 0 aromatic carbocycles. The molecule has 0 unspecified atom stereocenters. The van der Waals surface area contributed by atoms with Crippen LogP contribution in [0.2, 0.25) is 0 Å². The molecule has 1 saturated carbocycles. The van der Waals surface area contributed by atoms with Crippen molar-refractivity contribution in [2.24, 2.45) is 5.92 Å². The average Bonchev–Trinajstić information content (AvgIpc) is 2.70. The molecule has 2 rings (SSSR count). The van der Waals surface area contributed by atoms with E-state index in [-0.39, 0.29) is 18.0 Å². The zero-order valence-electron chi connectivity index (χ0n) is 11.2. The van der Waals surface area contributed by atoms with Crippen LogP contribution in [0.25, 0.3) is 0 Å². The summed E-state index contributed by atoms with van der Waals surface area (Å²) in [7, 11) is 0.0528. The van der Waals surface area contributed by atoms with Crippen molar-refractivity contribution in [1.29, 1.82) is 0 Å². The summed E-state index contributed by atoms with van der Waals surface area (Å²) in [5.74, 6) is 0.892. The molecule has 0 spiro atoms. The Morgan fingerprint density at radius 2 is 1.67 bits per heavy atom. The summed E-state index contributed by atoms with van der Waals surface area (Å²) in [6.45, 7) is 0.837. The Morgan fingerprint density at radius 3 is 2.06 bits per heavy atom. The summed E-state index contributed by atoms with van der Waals surface area (Å²) in [5.41, 5.74) is 0. The standard InChI is InChI=1S/C12H23NO4S/c1-16-11-8-13(9-12(11)17-2)18(14,15)7-6-10-4-3-5-10/h10-12H,3-9H2,1-2H3/t11-,12-/m0/s1. The van der Waals surface area contributed by atoms with Gasteiger partial charge in [0.2, 0.25) is 10.0 Å². The lowest BCUT2D eigenvalue weighted by Gasteiger charge is -2.26. The van der Waals surface area contributed by atoms with Gasteiger partial charge >= 0.3 is 0 Å². The van der Waals surface area contributed by atoms with Crippen molar-refractivity contribution < 1.29 is 17.9 Å². The smallest absolute Gasteiger partial charge is 0.214 e. The lowest BCUT2D eigenvalue weighted by molar-refractivity contribution is -0.00461. The first kappa shape index (κ1) is 14.2. The minimum absolute atomic E-state index is 0.145. The van der Waals surface area contributed by atoms with Crippen LogP contribution in [0.1, 0.15) is 25.7 Å². The lowest BCUT2D eigenvalue weighted by Crippen LogP contribution is -2.33. The fraction of sp³-hybridized carbons (Fsp3) is 1.00. The monoisotopic (exact) mass is 277 g/mol. The molecule has 0 aromatic rings. The second-order valence-electron chi connectivity index (χ2n) is 5.27. The predicted octanol–water partition coefficient (Wildman–Crippen LogP) is 0.852. The molecular formula is C12H23NO4S. The van der Waals surface area contributed by atoms with Crippen LogP contribution in [0.4, 0.5) is 0 Å². The summed E-state index contributed by atoms with van der Waals surface area (Å²) in [5, 5.41) is 0. The minimum atomic E-state index is -3.14. The van der Waals surface area contributed by atoms with Crippen LogP contribution in [0.5, 0.6) is 0 Å². The molecule has 2 fully saturated rings. The molecule has 0 aromatic heterocycles. The summed E-state index contributed by atoms with van der Waals surface area (Å²) >= 11 is 0. The summed E-state index contributed by atoms with van der Waals surface area (Å²) < 4.78 is 36.5. The fourth-order valence-electron chi connectivity index (χ4n) is 2.62.